The number of aliphatic hydroxyl groups excluding tert-OH is 1. The first-order valence-electron chi connectivity index (χ1n) is 10.5. The quantitative estimate of drug-likeness (QED) is 0.448. The van der Waals surface area contributed by atoms with Crippen molar-refractivity contribution >= 4 is 22.2 Å². The second-order valence-electron chi connectivity index (χ2n) is 8.22. The van der Waals surface area contributed by atoms with Gasteiger partial charge in [-0.05, 0) is 48.2 Å². The monoisotopic (exact) mass is 448 g/mol. The van der Waals surface area contributed by atoms with Gasteiger partial charge in [0.15, 0.2) is 5.65 Å². The van der Waals surface area contributed by atoms with E-state index in [-0.39, 0.29) is 11.6 Å². The first kappa shape index (κ1) is 19.7. The van der Waals surface area contributed by atoms with Crippen LogP contribution < -0.4 is 5.69 Å². The summed E-state index contributed by atoms with van der Waals surface area (Å²) in [5.74, 6) is -0.630. The Balaban J connectivity index is 1.59. The van der Waals surface area contributed by atoms with Gasteiger partial charge in [-0.25, -0.2) is 23.5 Å². The van der Waals surface area contributed by atoms with Crippen LogP contribution in [0.3, 0.4) is 0 Å². The molecular weight excluding hydrogens is 430 g/mol. The summed E-state index contributed by atoms with van der Waals surface area (Å²) < 4.78 is 32.5. The third-order valence-corrected chi connectivity index (χ3v) is 6.34. The number of rotatable bonds is 2. The molecule has 10 heteroatoms. The third kappa shape index (κ3) is 2.91. The average Bonchev–Trinajstić information content (AvgIpc) is 3.32. The zero-order valence-electron chi connectivity index (χ0n) is 17.5. The Kier molecular flexibility index (Phi) is 4.21. The van der Waals surface area contributed by atoms with Gasteiger partial charge < -0.3 is 5.11 Å². The largest absolute Gasteiger partial charge is 0.388 e. The minimum Gasteiger partial charge on any atom is -0.388 e. The fraction of sp³-hybridized carbons (Fsp3) is 0.217. The summed E-state index contributed by atoms with van der Waals surface area (Å²) >= 11 is 0. The summed E-state index contributed by atoms with van der Waals surface area (Å²) in [5.41, 5.74) is 2.77. The summed E-state index contributed by atoms with van der Waals surface area (Å²) in [4.78, 5) is 26.5. The van der Waals surface area contributed by atoms with Gasteiger partial charge in [0.2, 0.25) is 5.95 Å². The Hall–Kier alpha value is -3.92. The van der Waals surface area contributed by atoms with E-state index >= 15 is 0 Å². The molecule has 166 valence electrons. The lowest BCUT2D eigenvalue weighted by Gasteiger charge is -2.29. The van der Waals surface area contributed by atoms with E-state index in [1.54, 1.807) is 23.7 Å². The highest BCUT2D eigenvalue weighted by Crippen LogP contribution is 2.39. The van der Waals surface area contributed by atoms with Gasteiger partial charge in [-0.3, -0.25) is 13.7 Å². The van der Waals surface area contributed by atoms with Crippen molar-refractivity contribution in [3.8, 4) is 5.95 Å². The van der Waals surface area contributed by atoms with Gasteiger partial charge in [0.25, 0.3) is 0 Å². The zero-order chi connectivity index (χ0) is 22.9. The van der Waals surface area contributed by atoms with Crippen LogP contribution in [0.1, 0.15) is 36.1 Å². The molecule has 0 spiro atoms. The molecule has 2 atom stereocenters. The van der Waals surface area contributed by atoms with Gasteiger partial charge in [-0.15, -0.1) is 0 Å². The van der Waals surface area contributed by atoms with Gasteiger partial charge in [0, 0.05) is 13.1 Å². The highest BCUT2D eigenvalue weighted by Gasteiger charge is 2.31. The maximum atomic E-state index is 14.1. The van der Waals surface area contributed by atoms with Crippen molar-refractivity contribution in [2.45, 2.75) is 25.0 Å². The van der Waals surface area contributed by atoms with Gasteiger partial charge in [0.1, 0.15) is 23.5 Å². The Morgan fingerprint density at radius 2 is 1.79 bits per heavy atom. The number of nitrogens with zero attached hydrogens (tertiary/aromatic N) is 6. The molecule has 5 aromatic rings. The van der Waals surface area contributed by atoms with Gasteiger partial charge >= 0.3 is 5.69 Å². The molecule has 0 radical (unpaired) electrons. The molecule has 3 heterocycles. The molecule has 1 aliphatic carbocycles. The van der Waals surface area contributed by atoms with Crippen molar-refractivity contribution in [2.24, 2.45) is 7.05 Å². The summed E-state index contributed by atoms with van der Waals surface area (Å²) in [6, 6.07) is 7.96. The number of halogens is 2. The number of hydrogen-bond donors (Lipinski definition) is 1. The summed E-state index contributed by atoms with van der Waals surface area (Å²) in [7, 11) is 1.62. The minimum absolute atomic E-state index is 0.227. The summed E-state index contributed by atoms with van der Waals surface area (Å²) in [6.45, 7) is 0. The Labute approximate surface area is 185 Å². The maximum Gasteiger partial charge on any atom is 0.330 e. The minimum atomic E-state index is -0.722. The lowest BCUT2D eigenvalue weighted by atomic mass is 9.85. The molecule has 0 fully saturated rings. The second-order valence-corrected chi connectivity index (χ2v) is 8.22. The normalized spacial score (nSPS) is 18.2. The first-order chi connectivity index (χ1) is 15.9. The number of hydrogen-bond acceptors (Lipinski definition) is 5. The van der Waals surface area contributed by atoms with E-state index < -0.39 is 23.8 Å². The van der Waals surface area contributed by atoms with Crippen LogP contribution in [0.15, 0.2) is 53.7 Å². The predicted octanol–water partition coefficient (Wildman–Crippen LogP) is 3.16. The Bertz CT molecular complexity index is 1620. The number of benzene rings is 2. The SMILES string of the molecule is Cn1c(=O)n([C@@H]2CC[C@@H](O)c3ccc(F)cc32)c2nc(-n3cnc4ccc(F)cc43)ncc21. The van der Waals surface area contributed by atoms with Gasteiger partial charge in [-0.2, -0.15) is 4.98 Å². The van der Waals surface area contributed by atoms with Crippen molar-refractivity contribution in [3.63, 3.8) is 0 Å². The maximum absolute atomic E-state index is 14.1. The van der Waals surface area contributed by atoms with Crippen molar-refractivity contribution < 1.29 is 13.9 Å². The topological polar surface area (TPSA) is 90.8 Å². The van der Waals surface area contributed by atoms with E-state index in [1.165, 1.54) is 45.9 Å². The standard InChI is InChI=1S/C23H18F2N6O2/c1-29-19-10-26-22(30-11-27-16-5-3-13(25)9-18(16)30)28-21(19)31(23(29)33)17-6-7-20(32)14-4-2-12(24)8-15(14)17/h2-5,8-11,17,20,32H,6-7H2,1H3/t17-,20-/m1/s1. The van der Waals surface area contributed by atoms with E-state index in [9.17, 15) is 18.7 Å². The zero-order valence-corrected chi connectivity index (χ0v) is 17.5. The molecule has 1 N–H and O–H groups in total. The van der Waals surface area contributed by atoms with E-state index in [1.807, 2.05) is 0 Å². The molecule has 0 unspecified atom stereocenters. The first-order valence-corrected chi connectivity index (χ1v) is 10.5. The van der Waals surface area contributed by atoms with Crippen LogP contribution in [0.2, 0.25) is 0 Å². The number of imidazole rings is 2. The predicted molar refractivity (Wildman–Crippen MR) is 116 cm³/mol. The Morgan fingerprint density at radius 3 is 2.64 bits per heavy atom. The lowest BCUT2D eigenvalue weighted by Crippen LogP contribution is -2.30. The van der Waals surface area contributed by atoms with Crippen molar-refractivity contribution in [1.29, 1.82) is 0 Å². The molecule has 3 aromatic heterocycles. The smallest absolute Gasteiger partial charge is 0.330 e. The van der Waals surface area contributed by atoms with Crippen LogP contribution >= 0.6 is 0 Å². The van der Waals surface area contributed by atoms with Crippen LogP contribution in [0.25, 0.3) is 28.1 Å². The molecule has 8 nitrogen and oxygen atoms in total. The summed E-state index contributed by atoms with van der Waals surface area (Å²) in [6.07, 6.45) is 3.17. The molecule has 0 bridgehead atoms. The van der Waals surface area contributed by atoms with Crippen LogP contribution in [0.4, 0.5) is 8.78 Å². The van der Waals surface area contributed by atoms with Gasteiger partial charge in [0.05, 0.1) is 29.4 Å². The molecule has 0 saturated heterocycles. The van der Waals surface area contributed by atoms with E-state index in [0.29, 0.717) is 46.2 Å². The van der Waals surface area contributed by atoms with Crippen LogP contribution in [-0.2, 0) is 7.05 Å². The highest BCUT2D eigenvalue weighted by atomic mass is 19.1. The molecular formula is C23H18F2N6O2. The average molecular weight is 448 g/mol. The Morgan fingerprint density at radius 1 is 1.00 bits per heavy atom. The fourth-order valence-electron chi connectivity index (χ4n) is 4.70. The number of aromatic nitrogens is 6. The molecule has 6 rings (SSSR count). The van der Waals surface area contributed by atoms with Crippen molar-refractivity contribution in [1.82, 2.24) is 28.7 Å². The summed E-state index contributed by atoms with van der Waals surface area (Å²) in [5, 5.41) is 10.4. The van der Waals surface area contributed by atoms with Gasteiger partial charge in [-0.1, -0.05) is 6.07 Å². The molecule has 33 heavy (non-hydrogen) atoms. The molecule has 2 aromatic carbocycles. The highest BCUT2D eigenvalue weighted by molar-refractivity contribution is 5.77. The lowest BCUT2D eigenvalue weighted by molar-refractivity contribution is 0.147. The van der Waals surface area contributed by atoms with E-state index in [0.717, 1.165) is 0 Å². The van der Waals surface area contributed by atoms with E-state index in [2.05, 4.69) is 15.0 Å². The van der Waals surface area contributed by atoms with Crippen LogP contribution in [-0.4, -0.2) is 33.8 Å². The second kappa shape index (κ2) is 7.04. The number of aryl methyl sites for hydroxylation is 1. The third-order valence-electron chi connectivity index (χ3n) is 6.34. The number of aliphatic hydroxyl groups is 1. The van der Waals surface area contributed by atoms with Crippen LogP contribution in [0, 0.1) is 11.6 Å². The molecule has 0 saturated carbocycles. The number of fused-ring (bicyclic) bond motifs is 3. The van der Waals surface area contributed by atoms with Crippen LogP contribution in [0.5, 0.6) is 0 Å². The fourth-order valence-corrected chi connectivity index (χ4v) is 4.70. The van der Waals surface area contributed by atoms with Crippen molar-refractivity contribution in [3.05, 3.63) is 82.2 Å². The van der Waals surface area contributed by atoms with E-state index in [4.69, 9.17) is 0 Å². The molecule has 0 amide bonds. The molecule has 0 aliphatic heterocycles. The molecule has 1 aliphatic rings. The van der Waals surface area contributed by atoms with Crippen molar-refractivity contribution in [2.75, 3.05) is 0 Å².